The van der Waals surface area contributed by atoms with Crippen LogP contribution in [0.25, 0.3) is 0 Å². The van der Waals surface area contributed by atoms with Gasteiger partial charge in [-0.1, -0.05) is 6.92 Å². The van der Waals surface area contributed by atoms with Gasteiger partial charge >= 0.3 is 0 Å². The van der Waals surface area contributed by atoms with E-state index in [4.69, 9.17) is 0 Å². The van der Waals surface area contributed by atoms with Crippen LogP contribution in [0.2, 0.25) is 0 Å². The molecule has 1 atom stereocenters. The highest BCUT2D eigenvalue weighted by Crippen LogP contribution is 2.10. The van der Waals surface area contributed by atoms with Gasteiger partial charge in [0.05, 0.1) is 0 Å². The Balaban J connectivity index is 2.60. The standard InChI is InChI=1S/C11H17N3O4/c1-3-8-11(18)13-9(16)6-14(8)10(17)4-5-12-7(2)15/h8H,3-6H2,1-2H3,(H,12,15)(H,13,16,18). The molecule has 1 aliphatic heterocycles. The molecule has 18 heavy (non-hydrogen) atoms. The van der Waals surface area contributed by atoms with Gasteiger partial charge in [-0.25, -0.2) is 0 Å². The van der Waals surface area contributed by atoms with Gasteiger partial charge in [0.2, 0.25) is 23.6 Å². The second-order valence-corrected chi connectivity index (χ2v) is 4.09. The molecule has 2 N–H and O–H groups in total. The van der Waals surface area contributed by atoms with E-state index >= 15 is 0 Å². The summed E-state index contributed by atoms with van der Waals surface area (Å²) in [5.74, 6) is -1.44. The summed E-state index contributed by atoms with van der Waals surface area (Å²) < 4.78 is 0. The molecule has 0 bridgehead atoms. The van der Waals surface area contributed by atoms with E-state index < -0.39 is 17.9 Å². The lowest BCUT2D eigenvalue weighted by atomic mass is 10.1. The molecule has 1 rings (SSSR count). The maximum absolute atomic E-state index is 11.9. The minimum Gasteiger partial charge on any atom is -0.356 e. The Labute approximate surface area is 105 Å². The molecule has 4 amide bonds. The highest BCUT2D eigenvalue weighted by molar-refractivity contribution is 6.04. The molecule has 0 aromatic rings. The maximum Gasteiger partial charge on any atom is 0.249 e. The summed E-state index contributed by atoms with van der Waals surface area (Å²) in [7, 11) is 0. The maximum atomic E-state index is 11.9. The van der Waals surface area contributed by atoms with Crippen LogP contribution in [0.4, 0.5) is 0 Å². The topological polar surface area (TPSA) is 95.6 Å². The van der Waals surface area contributed by atoms with E-state index in [0.29, 0.717) is 6.42 Å². The molecule has 1 unspecified atom stereocenters. The highest BCUT2D eigenvalue weighted by Gasteiger charge is 2.34. The van der Waals surface area contributed by atoms with Crippen LogP contribution in [0.3, 0.4) is 0 Å². The average molecular weight is 255 g/mol. The summed E-state index contributed by atoms with van der Waals surface area (Å²) in [6.45, 7) is 3.23. The number of imide groups is 1. The predicted molar refractivity (Wildman–Crippen MR) is 62.2 cm³/mol. The Kier molecular flexibility index (Phi) is 4.82. The van der Waals surface area contributed by atoms with Gasteiger partial charge in [0.1, 0.15) is 12.6 Å². The van der Waals surface area contributed by atoms with Gasteiger partial charge in [-0.3, -0.25) is 24.5 Å². The van der Waals surface area contributed by atoms with Crippen molar-refractivity contribution in [3.63, 3.8) is 0 Å². The van der Waals surface area contributed by atoms with Crippen molar-refractivity contribution in [3.8, 4) is 0 Å². The fourth-order valence-corrected chi connectivity index (χ4v) is 1.82. The van der Waals surface area contributed by atoms with Crippen LogP contribution in [0.15, 0.2) is 0 Å². The first-order chi connectivity index (χ1) is 8.45. The van der Waals surface area contributed by atoms with Crippen molar-refractivity contribution < 1.29 is 19.2 Å². The van der Waals surface area contributed by atoms with Crippen LogP contribution in [-0.2, 0) is 19.2 Å². The molecule has 0 radical (unpaired) electrons. The molecule has 0 aromatic carbocycles. The number of nitrogens with one attached hydrogen (secondary N) is 2. The third-order valence-corrected chi connectivity index (χ3v) is 2.68. The zero-order chi connectivity index (χ0) is 13.7. The number of amides is 4. The van der Waals surface area contributed by atoms with Crippen molar-refractivity contribution in [2.24, 2.45) is 0 Å². The fraction of sp³-hybridized carbons (Fsp3) is 0.636. The van der Waals surface area contributed by atoms with E-state index in [2.05, 4.69) is 10.6 Å². The van der Waals surface area contributed by atoms with Gasteiger partial charge in [0.25, 0.3) is 0 Å². The second-order valence-electron chi connectivity index (χ2n) is 4.09. The van der Waals surface area contributed by atoms with Crippen LogP contribution in [0.1, 0.15) is 26.7 Å². The molecule has 0 aliphatic carbocycles. The van der Waals surface area contributed by atoms with Crippen LogP contribution >= 0.6 is 0 Å². The molecular formula is C11H17N3O4. The molecule has 1 aliphatic rings. The van der Waals surface area contributed by atoms with Crippen molar-refractivity contribution in [2.75, 3.05) is 13.1 Å². The monoisotopic (exact) mass is 255 g/mol. The third-order valence-electron chi connectivity index (χ3n) is 2.68. The van der Waals surface area contributed by atoms with E-state index in [9.17, 15) is 19.2 Å². The van der Waals surface area contributed by atoms with Crippen LogP contribution in [-0.4, -0.2) is 47.7 Å². The molecule has 1 heterocycles. The van der Waals surface area contributed by atoms with Crippen LogP contribution in [0.5, 0.6) is 0 Å². The summed E-state index contributed by atoms with van der Waals surface area (Å²) in [6, 6.07) is -0.604. The molecule has 7 heteroatoms. The normalized spacial score (nSPS) is 19.4. The molecule has 0 aromatic heterocycles. The molecule has 7 nitrogen and oxygen atoms in total. The Hall–Kier alpha value is -1.92. The summed E-state index contributed by atoms with van der Waals surface area (Å²) >= 11 is 0. The largest absolute Gasteiger partial charge is 0.356 e. The smallest absolute Gasteiger partial charge is 0.249 e. The van der Waals surface area contributed by atoms with Crippen molar-refractivity contribution in [2.45, 2.75) is 32.7 Å². The lowest BCUT2D eigenvalue weighted by Gasteiger charge is -2.33. The number of hydrogen-bond acceptors (Lipinski definition) is 4. The van der Waals surface area contributed by atoms with Crippen molar-refractivity contribution in [1.29, 1.82) is 0 Å². The zero-order valence-corrected chi connectivity index (χ0v) is 10.5. The van der Waals surface area contributed by atoms with Gasteiger partial charge in [-0.2, -0.15) is 0 Å². The lowest BCUT2D eigenvalue weighted by molar-refractivity contribution is -0.150. The van der Waals surface area contributed by atoms with Gasteiger partial charge in [-0.15, -0.1) is 0 Å². The molecule has 1 saturated heterocycles. The molecule has 100 valence electrons. The summed E-state index contributed by atoms with van der Waals surface area (Å²) in [5.41, 5.74) is 0. The fourth-order valence-electron chi connectivity index (χ4n) is 1.82. The van der Waals surface area contributed by atoms with E-state index in [1.165, 1.54) is 11.8 Å². The van der Waals surface area contributed by atoms with Crippen LogP contribution in [0, 0.1) is 0 Å². The first-order valence-corrected chi connectivity index (χ1v) is 5.83. The quantitative estimate of drug-likeness (QED) is 0.615. The Morgan fingerprint density at radius 3 is 2.67 bits per heavy atom. The van der Waals surface area contributed by atoms with E-state index in [1.54, 1.807) is 6.92 Å². The lowest BCUT2D eigenvalue weighted by Crippen LogP contribution is -2.59. The van der Waals surface area contributed by atoms with Gasteiger partial charge in [0.15, 0.2) is 0 Å². The minimum absolute atomic E-state index is 0.0800. The Morgan fingerprint density at radius 1 is 1.44 bits per heavy atom. The Bertz CT molecular complexity index is 380. The van der Waals surface area contributed by atoms with E-state index in [1.807, 2.05) is 0 Å². The number of carbonyl (C=O) groups excluding carboxylic acids is 4. The number of hydrogen-bond donors (Lipinski definition) is 2. The molecule has 0 saturated carbocycles. The average Bonchev–Trinajstić information content (AvgIpc) is 2.27. The van der Waals surface area contributed by atoms with Crippen molar-refractivity contribution in [1.82, 2.24) is 15.5 Å². The SMILES string of the molecule is CCC1C(=O)NC(=O)CN1C(=O)CCNC(C)=O. The summed E-state index contributed by atoms with van der Waals surface area (Å²) in [5, 5.41) is 4.70. The summed E-state index contributed by atoms with van der Waals surface area (Å²) in [4.78, 5) is 46.6. The van der Waals surface area contributed by atoms with Crippen molar-refractivity contribution >= 4 is 23.6 Å². The number of carbonyl (C=O) groups is 4. The highest BCUT2D eigenvalue weighted by atomic mass is 16.2. The number of piperazine rings is 1. The summed E-state index contributed by atoms with van der Waals surface area (Å²) in [6.07, 6.45) is 0.529. The van der Waals surface area contributed by atoms with Crippen LogP contribution < -0.4 is 10.6 Å². The third kappa shape index (κ3) is 3.54. The first kappa shape index (κ1) is 14.1. The number of nitrogens with zero attached hydrogens (tertiary/aromatic N) is 1. The van der Waals surface area contributed by atoms with Crippen molar-refractivity contribution in [3.05, 3.63) is 0 Å². The zero-order valence-electron chi connectivity index (χ0n) is 10.5. The number of rotatable bonds is 4. The van der Waals surface area contributed by atoms with Gasteiger partial charge < -0.3 is 10.2 Å². The molecule has 0 spiro atoms. The second kappa shape index (κ2) is 6.13. The predicted octanol–water partition coefficient (Wildman–Crippen LogP) is -1.22. The first-order valence-electron chi connectivity index (χ1n) is 5.83. The van der Waals surface area contributed by atoms with E-state index in [-0.39, 0.29) is 31.3 Å². The Morgan fingerprint density at radius 2 is 2.11 bits per heavy atom. The van der Waals surface area contributed by atoms with Gasteiger partial charge in [0, 0.05) is 19.9 Å². The molecule has 1 fully saturated rings. The van der Waals surface area contributed by atoms with E-state index in [0.717, 1.165) is 0 Å². The molecular weight excluding hydrogens is 238 g/mol. The van der Waals surface area contributed by atoms with Gasteiger partial charge in [-0.05, 0) is 6.42 Å². The minimum atomic E-state index is -0.604.